The summed E-state index contributed by atoms with van der Waals surface area (Å²) in [5.41, 5.74) is 0. The van der Waals surface area contributed by atoms with Crippen molar-refractivity contribution in [2.75, 3.05) is 7.11 Å². The molecular formula is C3H9NO4S. The van der Waals surface area contributed by atoms with Gasteiger partial charge >= 0.3 is 10.3 Å². The SMILES string of the molecule is COC(C)OS(N)(=O)=O. The summed E-state index contributed by atoms with van der Waals surface area (Å²) in [6.45, 7) is 1.42. The molecule has 5 nitrogen and oxygen atoms in total. The van der Waals surface area contributed by atoms with Gasteiger partial charge in [-0.15, -0.1) is 0 Å². The van der Waals surface area contributed by atoms with E-state index in [1.165, 1.54) is 14.0 Å². The van der Waals surface area contributed by atoms with Crippen LogP contribution in [0, 0.1) is 0 Å². The Hall–Kier alpha value is -0.170. The van der Waals surface area contributed by atoms with Crippen molar-refractivity contribution in [2.24, 2.45) is 5.14 Å². The first-order chi connectivity index (χ1) is 3.95. The first-order valence-electron chi connectivity index (χ1n) is 2.19. The molecule has 0 rings (SSSR count). The van der Waals surface area contributed by atoms with Crippen molar-refractivity contribution >= 4 is 10.3 Å². The zero-order valence-electron chi connectivity index (χ0n) is 5.20. The Morgan fingerprint density at radius 2 is 2.00 bits per heavy atom. The second kappa shape index (κ2) is 3.11. The molecule has 0 aromatic heterocycles. The highest BCUT2D eigenvalue weighted by Gasteiger charge is 2.07. The van der Waals surface area contributed by atoms with Gasteiger partial charge in [0.25, 0.3) is 0 Å². The molecule has 0 heterocycles. The normalized spacial score (nSPS) is 15.4. The smallest absolute Gasteiger partial charge is 0.335 e. The first kappa shape index (κ1) is 8.83. The predicted molar refractivity (Wildman–Crippen MR) is 30.7 cm³/mol. The van der Waals surface area contributed by atoms with Gasteiger partial charge in [-0.1, -0.05) is 0 Å². The number of methoxy groups -OCH3 is 1. The minimum absolute atomic E-state index is 0.819. The summed E-state index contributed by atoms with van der Waals surface area (Å²) in [4.78, 5) is 0. The van der Waals surface area contributed by atoms with Crippen molar-refractivity contribution < 1.29 is 17.3 Å². The van der Waals surface area contributed by atoms with Gasteiger partial charge in [-0.2, -0.15) is 8.42 Å². The van der Waals surface area contributed by atoms with Crippen LogP contribution in [0.25, 0.3) is 0 Å². The van der Waals surface area contributed by atoms with E-state index in [0.29, 0.717) is 0 Å². The average molecular weight is 155 g/mol. The summed E-state index contributed by atoms with van der Waals surface area (Å²) in [6, 6.07) is 0. The van der Waals surface area contributed by atoms with Crippen molar-refractivity contribution in [2.45, 2.75) is 13.2 Å². The molecule has 0 bridgehead atoms. The maximum Gasteiger partial charge on any atom is 0.335 e. The Kier molecular flexibility index (Phi) is 3.06. The third-order valence-electron chi connectivity index (χ3n) is 0.602. The molecule has 0 radical (unpaired) electrons. The minimum atomic E-state index is -3.86. The number of hydrogen-bond donors (Lipinski definition) is 1. The van der Waals surface area contributed by atoms with Crippen molar-refractivity contribution in [1.29, 1.82) is 0 Å². The Bertz CT molecular complexity index is 163. The van der Waals surface area contributed by atoms with Crippen LogP contribution in [0.2, 0.25) is 0 Å². The lowest BCUT2D eigenvalue weighted by atomic mass is 10.8. The fraction of sp³-hybridized carbons (Fsp3) is 1.00. The van der Waals surface area contributed by atoms with Crippen LogP contribution in [0.15, 0.2) is 0 Å². The summed E-state index contributed by atoms with van der Waals surface area (Å²) < 4.78 is 28.7. The molecule has 0 aliphatic carbocycles. The third kappa shape index (κ3) is 5.71. The van der Waals surface area contributed by atoms with Crippen LogP contribution in [0.5, 0.6) is 0 Å². The van der Waals surface area contributed by atoms with Crippen LogP contribution in [0.1, 0.15) is 6.92 Å². The maximum absolute atomic E-state index is 10.1. The summed E-state index contributed by atoms with van der Waals surface area (Å²) in [6.07, 6.45) is -0.819. The zero-order valence-corrected chi connectivity index (χ0v) is 6.01. The first-order valence-corrected chi connectivity index (χ1v) is 3.66. The van der Waals surface area contributed by atoms with E-state index in [9.17, 15) is 8.42 Å². The number of rotatable bonds is 3. The monoisotopic (exact) mass is 155 g/mol. The lowest BCUT2D eigenvalue weighted by Crippen LogP contribution is -2.22. The number of nitrogens with two attached hydrogens (primary N) is 1. The van der Waals surface area contributed by atoms with E-state index in [0.717, 1.165) is 0 Å². The van der Waals surface area contributed by atoms with Gasteiger partial charge in [0.1, 0.15) is 0 Å². The van der Waals surface area contributed by atoms with Gasteiger partial charge in [0, 0.05) is 7.11 Å². The van der Waals surface area contributed by atoms with Gasteiger partial charge in [-0.3, -0.25) is 0 Å². The second-order valence-electron chi connectivity index (χ2n) is 1.39. The number of hydrogen-bond acceptors (Lipinski definition) is 4. The number of ether oxygens (including phenoxy) is 1. The summed E-state index contributed by atoms with van der Waals surface area (Å²) in [7, 11) is -2.55. The third-order valence-corrected chi connectivity index (χ3v) is 1.14. The molecule has 6 heteroatoms. The lowest BCUT2D eigenvalue weighted by Gasteiger charge is -2.06. The molecule has 0 aliphatic rings. The van der Waals surface area contributed by atoms with Gasteiger partial charge in [-0.25, -0.2) is 9.32 Å². The highest BCUT2D eigenvalue weighted by molar-refractivity contribution is 7.84. The van der Waals surface area contributed by atoms with E-state index >= 15 is 0 Å². The molecule has 1 atom stereocenters. The fourth-order valence-corrected chi connectivity index (χ4v) is 0.684. The molecule has 0 spiro atoms. The molecule has 1 unspecified atom stereocenters. The summed E-state index contributed by atoms with van der Waals surface area (Å²) >= 11 is 0. The molecular weight excluding hydrogens is 146 g/mol. The topological polar surface area (TPSA) is 78.6 Å². The molecule has 56 valence electrons. The fourth-order valence-electron chi connectivity index (χ4n) is 0.228. The van der Waals surface area contributed by atoms with Crippen LogP contribution in [-0.4, -0.2) is 21.8 Å². The molecule has 0 saturated carbocycles. The second-order valence-corrected chi connectivity index (χ2v) is 2.57. The quantitative estimate of drug-likeness (QED) is 0.541. The largest absolute Gasteiger partial charge is 0.355 e. The molecule has 9 heavy (non-hydrogen) atoms. The Morgan fingerprint density at radius 1 is 1.56 bits per heavy atom. The molecule has 0 aromatic carbocycles. The van der Waals surface area contributed by atoms with E-state index < -0.39 is 16.6 Å². The highest BCUT2D eigenvalue weighted by Crippen LogP contribution is 1.92. The molecule has 2 N–H and O–H groups in total. The molecule has 0 saturated heterocycles. The van der Waals surface area contributed by atoms with E-state index in [4.69, 9.17) is 0 Å². The van der Waals surface area contributed by atoms with Crippen molar-refractivity contribution in [3.8, 4) is 0 Å². The van der Waals surface area contributed by atoms with Crippen LogP contribution in [0.3, 0.4) is 0 Å². The molecule has 0 fully saturated rings. The van der Waals surface area contributed by atoms with Gasteiger partial charge in [0.05, 0.1) is 0 Å². The van der Waals surface area contributed by atoms with Crippen LogP contribution in [0.4, 0.5) is 0 Å². The highest BCUT2D eigenvalue weighted by atomic mass is 32.2. The summed E-state index contributed by atoms with van der Waals surface area (Å²) in [5.74, 6) is 0. The van der Waals surface area contributed by atoms with Gasteiger partial charge < -0.3 is 4.74 Å². The van der Waals surface area contributed by atoms with Gasteiger partial charge in [-0.05, 0) is 6.92 Å². The van der Waals surface area contributed by atoms with E-state index in [-0.39, 0.29) is 0 Å². The van der Waals surface area contributed by atoms with E-state index in [1.54, 1.807) is 0 Å². The van der Waals surface area contributed by atoms with Crippen LogP contribution in [-0.2, 0) is 19.2 Å². The minimum Gasteiger partial charge on any atom is -0.355 e. The van der Waals surface area contributed by atoms with E-state index in [2.05, 4.69) is 14.1 Å². The lowest BCUT2D eigenvalue weighted by molar-refractivity contribution is -0.0336. The molecule has 0 aromatic rings. The standard InChI is InChI=1S/C3H9NO4S/c1-3(7-2)8-9(4,5)6/h3H,1-2H3,(H2,4,5,6). The Labute approximate surface area is 54.0 Å². The molecule has 0 amide bonds. The Balaban J connectivity index is 3.75. The predicted octanol–water partition coefficient (Wildman–Crippen LogP) is -0.801. The van der Waals surface area contributed by atoms with E-state index in [1.807, 2.05) is 0 Å². The van der Waals surface area contributed by atoms with Crippen LogP contribution >= 0.6 is 0 Å². The zero-order chi connectivity index (χ0) is 7.49. The van der Waals surface area contributed by atoms with Gasteiger partial charge in [0.15, 0.2) is 6.29 Å². The van der Waals surface area contributed by atoms with Crippen molar-refractivity contribution in [3.05, 3.63) is 0 Å². The van der Waals surface area contributed by atoms with Crippen molar-refractivity contribution in [3.63, 3.8) is 0 Å². The average Bonchev–Trinajstić information content (AvgIpc) is 1.62. The molecule has 0 aliphatic heterocycles. The van der Waals surface area contributed by atoms with Crippen LogP contribution < -0.4 is 5.14 Å². The Morgan fingerprint density at radius 3 is 2.11 bits per heavy atom. The van der Waals surface area contributed by atoms with Gasteiger partial charge in [0.2, 0.25) is 0 Å². The summed E-state index contributed by atoms with van der Waals surface area (Å²) in [5, 5.41) is 4.48. The maximum atomic E-state index is 10.1. The van der Waals surface area contributed by atoms with Crippen molar-refractivity contribution in [1.82, 2.24) is 0 Å².